The summed E-state index contributed by atoms with van der Waals surface area (Å²) in [6.07, 6.45) is 15.5. The van der Waals surface area contributed by atoms with Gasteiger partial charge >= 0.3 is 0 Å². The number of aliphatic imine (C=N–C) groups is 2. The van der Waals surface area contributed by atoms with Crippen LogP contribution in [0.1, 0.15) is 38.5 Å². The van der Waals surface area contributed by atoms with Crippen molar-refractivity contribution < 1.29 is 0 Å². The normalized spacial score (nSPS) is 33.6. The molecule has 1 unspecified atom stereocenters. The van der Waals surface area contributed by atoms with E-state index in [0.29, 0.717) is 0 Å². The number of hydrogen-bond donors (Lipinski definition) is 0. The van der Waals surface area contributed by atoms with Crippen molar-refractivity contribution in [1.29, 1.82) is 0 Å². The maximum absolute atomic E-state index is 4.63. The molecular weight excluding hydrogens is 184 g/mol. The van der Waals surface area contributed by atoms with Crippen molar-refractivity contribution in [3.05, 3.63) is 24.0 Å². The van der Waals surface area contributed by atoms with Crippen LogP contribution in [0.3, 0.4) is 0 Å². The van der Waals surface area contributed by atoms with E-state index in [9.17, 15) is 0 Å². The van der Waals surface area contributed by atoms with Gasteiger partial charge in [0.1, 0.15) is 0 Å². The Morgan fingerprint density at radius 2 is 2.20 bits per heavy atom. The average molecular weight is 200 g/mol. The van der Waals surface area contributed by atoms with Gasteiger partial charge in [-0.1, -0.05) is 6.42 Å². The summed E-state index contributed by atoms with van der Waals surface area (Å²) in [4.78, 5) is 9.22. The largest absolute Gasteiger partial charge is 0.265 e. The van der Waals surface area contributed by atoms with Crippen molar-refractivity contribution in [2.75, 3.05) is 0 Å². The zero-order valence-electron chi connectivity index (χ0n) is 8.95. The smallest absolute Gasteiger partial charge is 0.0518 e. The van der Waals surface area contributed by atoms with Crippen molar-refractivity contribution in [3.8, 4) is 0 Å². The van der Waals surface area contributed by atoms with Crippen LogP contribution in [0.4, 0.5) is 0 Å². The summed E-state index contributed by atoms with van der Waals surface area (Å²) < 4.78 is 0. The molecule has 3 aliphatic rings. The van der Waals surface area contributed by atoms with E-state index in [2.05, 4.69) is 22.3 Å². The summed E-state index contributed by atoms with van der Waals surface area (Å²) in [7, 11) is 0. The minimum absolute atomic E-state index is 0.205. The first-order valence-electron chi connectivity index (χ1n) is 5.89. The summed E-state index contributed by atoms with van der Waals surface area (Å²) in [6.45, 7) is 0. The second-order valence-electron chi connectivity index (χ2n) is 4.61. The summed E-state index contributed by atoms with van der Waals surface area (Å²) in [5.41, 5.74) is 2.84. The standard InChI is InChI=1S/C13H16N2/c1-2-7-13-8-4-10-15-12(13)6-3-9-14-11(13)5-1/h3,6,9-10H,1-2,4-5,7-8H2. The molecule has 0 bridgehead atoms. The second-order valence-corrected chi connectivity index (χ2v) is 4.61. The van der Waals surface area contributed by atoms with Crippen LogP contribution in [0.5, 0.6) is 0 Å². The molecule has 1 spiro atoms. The van der Waals surface area contributed by atoms with Crippen molar-refractivity contribution >= 4 is 11.9 Å². The van der Waals surface area contributed by atoms with Gasteiger partial charge in [0, 0.05) is 18.1 Å². The highest BCUT2D eigenvalue weighted by Gasteiger charge is 2.42. The number of nitrogens with zero attached hydrogens (tertiary/aromatic N) is 2. The average Bonchev–Trinajstić information content (AvgIpc) is 2.47. The van der Waals surface area contributed by atoms with Gasteiger partial charge in [-0.25, -0.2) is 0 Å². The van der Waals surface area contributed by atoms with Crippen LogP contribution in [-0.4, -0.2) is 11.9 Å². The van der Waals surface area contributed by atoms with E-state index in [1.165, 1.54) is 37.1 Å². The first-order valence-corrected chi connectivity index (χ1v) is 5.89. The van der Waals surface area contributed by atoms with Crippen LogP contribution in [-0.2, 0) is 0 Å². The molecular formula is C13H16N2. The summed E-state index contributed by atoms with van der Waals surface area (Å²) >= 11 is 0. The highest BCUT2D eigenvalue weighted by atomic mass is 14.8. The lowest BCUT2D eigenvalue weighted by molar-refractivity contribution is 0.369. The lowest BCUT2D eigenvalue weighted by Crippen LogP contribution is -2.37. The fourth-order valence-corrected chi connectivity index (χ4v) is 3.03. The van der Waals surface area contributed by atoms with E-state index in [1.54, 1.807) is 0 Å². The van der Waals surface area contributed by atoms with Gasteiger partial charge in [0.05, 0.1) is 11.1 Å². The van der Waals surface area contributed by atoms with E-state index in [4.69, 9.17) is 0 Å². The summed E-state index contributed by atoms with van der Waals surface area (Å²) in [5, 5.41) is 0. The van der Waals surface area contributed by atoms with Crippen LogP contribution >= 0.6 is 0 Å². The molecule has 0 aromatic rings. The summed E-state index contributed by atoms with van der Waals surface area (Å²) in [6, 6.07) is 0. The molecule has 0 amide bonds. The topological polar surface area (TPSA) is 24.7 Å². The van der Waals surface area contributed by atoms with Crippen LogP contribution in [0.2, 0.25) is 0 Å². The first kappa shape index (κ1) is 9.08. The predicted molar refractivity (Wildman–Crippen MR) is 63.3 cm³/mol. The van der Waals surface area contributed by atoms with Crippen LogP contribution in [0, 0.1) is 5.41 Å². The van der Waals surface area contributed by atoms with Gasteiger partial charge in [0.25, 0.3) is 0 Å². The molecule has 0 aromatic carbocycles. The minimum Gasteiger partial charge on any atom is -0.265 e. The highest BCUT2D eigenvalue weighted by Crippen LogP contribution is 2.47. The third-order valence-electron chi connectivity index (χ3n) is 3.81. The van der Waals surface area contributed by atoms with E-state index in [1.807, 2.05) is 12.3 Å². The van der Waals surface area contributed by atoms with E-state index < -0.39 is 0 Å². The van der Waals surface area contributed by atoms with Gasteiger partial charge in [-0.3, -0.25) is 9.98 Å². The second kappa shape index (κ2) is 3.44. The molecule has 1 atom stereocenters. The van der Waals surface area contributed by atoms with Gasteiger partial charge in [0.2, 0.25) is 0 Å². The Morgan fingerprint density at radius 1 is 1.20 bits per heavy atom. The molecule has 15 heavy (non-hydrogen) atoms. The molecule has 3 rings (SSSR count). The van der Waals surface area contributed by atoms with Gasteiger partial charge in [-0.2, -0.15) is 0 Å². The highest BCUT2D eigenvalue weighted by molar-refractivity contribution is 5.95. The lowest BCUT2D eigenvalue weighted by Gasteiger charge is -2.40. The fourth-order valence-electron chi connectivity index (χ4n) is 3.03. The Kier molecular flexibility index (Phi) is 2.08. The van der Waals surface area contributed by atoms with Gasteiger partial charge in [0.15, 0.2) is 0 Å². The minimum atomic E-state index is 0.205. The first-order chi connectivity index (χ1) is 7.42. The van der Waals surface area contributed by atoms with Gasteiger partial charge in [-0.15, -0.1) is 0 Å². The molecule has 1 aliphatic carbocycles. The number of hydrogen-bond acceptors (Lipinski definition) is 2. The van der Waals surface area contributed by atoms with E-state index in [0.717, 1.165) is 12.8 Å². The van der Waals surface area contributed by atoms with Gasteiger partial charge in [-0.05, 0) is 44.3 Å². The monoisotopic (exact) mass is 200 g/mol. The maximum atomic E-state index is 4.63. The van der Waals surface area contributed by atoms with Gasteiger partial charge < -0.3 is 0 Å². The Balaban J connectivity index is 2.12. The quantitative estimate of drug-likeness (QED) is 0.573. The molecule has 1 saturated carbocycles. The molecule has 0 N–H and O–H groups in total. The molecule has 2 heteroatoms. The van der Waals surface area contributed by atoms with Crippen molar-refractivity contribution in [3.63, 3.8) is 0 Å². The molecule has 2 nitrogen and oxygen atoms in total. The lowest BCUT2D eigenvalue weighted by atomic mass is 9.66. The Morgan fingerprint density at radius 3 is 3.20 bits per heavy atom. The van der Waals surface area contributed by atoms with E-state index >= 15 is 0 Å². The summed E-state index contributed by atoms with van der Waals surface area (Å²) in [5.74, 6) is 0. The fraction of sp³-hybridized carbons (Fsp3) is 0.538. The maximum Gasteiger partial charge on any atom is 0.0518 e. The van der Waals surface area contributed by atoms with Crippen LogP contribution in [0.25, 0.3) is 0 Å². The Labute approximate surface area is 90.5 Å². The van der Waals surface area contributed by atoms with Crippen LogP contribution < -0.4 is 0 Å². The van der Waals surface area contributed by atoms with Crippen molar-refractivity contribution in [2.45, 2.75) is 38.5 Å². The third kappa shape index (κ3) is 1.31. The molecule has 1 fully saturated rings. The number of rotatable bonds is 0. The molecule has 2 aliphatic heterocycles. The molecule has 0 saturated heterocycles. The van der Waals surface area contributed by atoms with Crippen LogP contribution in [0.15, 0.2) is 34.0 Å². The molecule has 0 aromatic heterocycles. The molecule has 2 heterocycles. The Bertz CT molecular complexity index is 387. The number of allylic oxidation sites excluding steroid dienone is 3. The zero-order chi connectivity index (χ0) is 10.1. The Hall–Kier alpha value is -1.18. The molecule has 0 radical (unpaired) electrons. The van der Waals surface area contributed by atoms with Crippen molar-refractivity contribution in [1.82, 2.24) is 0 Å². The zero-order valence-corrected chi connectivity index (χ0v) is 8.95. The SMILES string of the molecule is C1=CN=C2CCCCC23CCC=NC3=C1. The van der Waals surface area contributed by atoms with Crippen molar-refractivity contribution in [2.24, 2.45) is 15.4 Å². The predicted octanol–water partition coefficient (Wildman–Crippen LogP) is 3.26. The molecule has 78 valence electrons. The third-order valence-corrected chi connectivity index (χ3v) is 3.81. The van der Waals surface area contributed by atoms with E-state index in [-0.39, 0.29) is 5.41 Å².